The van der Waals surface area contributed by atoms with Crippen LogP contribution in [-0.2, 0) is 16.0 Å². The molecular weight excluding hydrogens is 286 g/mol. The number of carbonyl (C=O) groups excluding carboxylic acids is 1. The molecule has 1 rings (SSSR count). The summed E-state index contributed by atoms with van der Waals surface area (Å²) in [6, 6.07) is 0.936. The highest BCUT2D eigenvalue weighted by Gasteiger charge is 2.27. The molecule has 0 saturated carbocycles. The Morgan fingerprint density at radius 3 is 2.74 bits per heavy atom. The van der Waals surface area contributed by atoms with Gasteiger partial charge in [0.25, 0.3) is 0 Å². The number of esters is 1. The quantitative estimate of drug-likeness (QED) is 0.474. The number of nitrogens with zero attached hydrogens (tertiary/aromatic N) is 2. The third-order valence-corrected chi connectivity index (χ3v) is 2.38. The van der Waals surface area contributed by atoms with Crippen molar-refractivity contribution in [3.8, 4) is 0 Å². The SMILES string of the molecule is CCOC(=O)Cc1cc(Cl)c(C(F)F)nc1[N+](=O)[O-]. The van der Waals surface area contributed by atoms with Crippen LogP contribution in [0.4, 0.5) is 14.6 Å². The van der Waals surface area contributed by atoms with E-state index in [2.05, 4.69) is 9.72 Å². The Balaban J connectivity index is 3.20. The van der Waals surface area contributed by atoms with E-state index < -0.39 is 40.3 Å². The van der Waals surface area contributed by atoms with Crippen LogP contribution in [0.3, 0.4) is 0 Å². The second kappa shape index (κ2) is 6.37. The minimum absolute atomic E-state index is 0.100. The molecule has 0 bridgehead atoms. The van der Waals surface area contributed by atoms with E-state index in [-0.39, 0.29) is 12.2 Å². The summed E-state index contributed by atoms with van der Waals surface area (Å²) in [7, 11) is 0. The zero-order valence-corrected chi connectivity index (χ0v) is 10.5. The smallest absolute Gasteiger partial charge is 0.367 e. The van der Waals surface area contributed by atoms with Gasteiger partial charge in [0.1, 0.15) is 0 Å². The maximum absolute atomic E-state index is 12.5. The highest BCUT2D eigenvalue weighted by Crippen LogP contribution is 2.30. The van der Waals surface area contributed by atoms with Crippen LogP contribution >= 0.6 is 11.6 Å². The summed E-state index contributed by atoms with van der Waals surface area (Å²) in [5.74, 6) is -1.55. The predicted octanol–water partition coefficient (Wildman–Crippen LogP) is 2.69. The third kappa shape index (κ3) is 3.82. The van der Waals surface area contributed by atoms with Crippen molar-refractivity contribution in [1.29, 1.82) is 0 Å². The monoisotopic (exact) mass is 294 g/mol. The molecule has 0 saturated heterocycles. The van der Waals surface area contributed by atoms with Crippen LogP contribution in [0.5, 0.6) is 0 Å². The molecule has 0 aromatic carbocycles. The number of hydrogen-bond acceptors (Lipinski definition) is 5. The molecule has 0 aliphatic rings. The molecule has 1 heterocycles. The molecule has 1 aromatic rings. The van der Waals surface area contributed by atoms with Gasteiger partial charge in [0.15, 0.2) is 0 Å². The molecule has 0 aliphatic heterocycles. The van der Waals surface area contributed by atoms with Crippen LogP contribution in [0.1, 0.15) is 24.6 Å². The molecule has 1 aromatic heterocycles. The van der Waals surface area contributed by atoms with Gasteiger partial charge in [-0.05, 0) is 22.9 Å². The minimum atomic E-state index is -3.04. The Bertz CT molecular complexity index is 511. The van der Waals surface area contributed by atoms with Gasteiger partial charge in [0, 0.05) is 0 Å². The molecule has 0 radical (unpaired) electrons. The third-order valence-electron chi connectivity index (χ3n) is 2.08. The molecule has 0 fully saturated rings. The number of hydrogen-bond donors (Lipinski definition) is 0. The molecule has 0 unspecified atom stereocenters. The van der Waals surface area contributed by atoms with Gasteiger partial charge >= 0.3 is 18.2 Å². The molecule has 0 amide bonds. The van der Waals surface area contributed by atoms with Gasteiger partial charge in [-0.2, -0.15) is 0 Å². The van der Waals surface area contributed by atoms with Gasteiger partial charge in [-0.25, -0.2) is 8.78 Å². The largest absolute Gasteiger partial charge is 0.466 e. The van der Waals surface area contributed by atoms with Crippen LogP contribution in [0.2, 0.25) is 5.02 Å². The summed E-state index contributed by atoms with van der Waals surface area (Å²) in [5, 5.41) is 10.3. The molecule has 0 spiro atoms. The Morgan fingerprint density at radius 1 is 1.63 bits per heavy atom. The first-order valence-corrected chi connectivity index (χ1v) is 5.52. The fraction of sp³-hybridized carbons (Fsp3) is 0.400. The van der Waals surface area contributed by atoms with Gasteiger partial charge < -0.3 is 14.9 Å². The number of pyridine rings is 1. The van der Waals surface area contributed by atoms with Crippen LogP contribution in [0.25, 0.3) is 0 Å². The van der Waals surface area contributed by atoms with Crippen molar-refractivity contribution < 1.29 is 23.2 Å². The summed E-state index contributed by atoms with van der Waals surface area (Å²) in [5.41, 5.74) is -1.06. The van der Waals surface area contributed by atoms with Crippen molar-refractivity contribution >= 4 is 23.4 Å². The molecule has 104 valence electrons. The van der Waals surface area contributed by atoms with Crippen molar-refractivity contribution in [2.24, 2.45) is 0 Å². The van der Waals surface area contributed by atoms with E-state index >= 15 is 0 Å². The van der Waals surface area contributed by atoms with Gasteiger partial charge in [-0.3, -0.25) is 4.79 Å². The van der Waals surface area contributed by atoms with E-state index in [4.69, 9.17) is 11.6 Å². The fourth-order valence-electron chi connectivity index (χ4n) is 1.34. The zero-order valence-electron chi connectivity index (χ0n) is 9.73. The standard InChI is InChI=1S/C10H9ClF2N2O4/c1-2-19-7(16)4-5-3-6(11)8(9(12)13)14-10(5)15(17)18/h3,9H,2,4H2,1H3. The number of carbonyl (C=O) groups is 1. The summed E-state index contributed by atoms with van der Waals surface area (Å²) in [4.78, 5) is 24.3. The van der Waals surface area contributed by atoms with Crippen molar-refractivity contribution in [2.45, 2.75) is 19.8 Å². The number of rotatable bonds is 5. The van der Waals surface area contributed by atoms with Crippen molar-refractivity contribution in [3.05, 3.63) is 32.5 Å². The fourth-order valence-corrected chi connectivity index (χ4v) is 1.60. The molecule has 0 N–H and O–H groups in total. The number of nitro groups is 1. The lowest BCUT2D eigenvalue weighted by atomic mass is 10.1. The summed E-state index contributed by atoms with van der Waals surface area (Å²) in [6.45, 7) is 1.67. The Labute approximate surface area is 111 Å². The average Bonchev–Trinajstić information content (AvgIpc) is 2.28. The second-order valence-electron chi connectivity index (χ2n) is 3.38. The van der Waals surface area contributed by atoms with Crippen molar-refractivity contribution in [3.63, 3.8) is 0 Å². The number of ether oxygens (including phenoxy) is 1. The van der Waals surface area contributed by atoms with Gasteiger partial charge in [-0.1, -0.05) is 11.6 Å². The lowest BCUT2D eigenvalue weighted by Crippen LogP contribution is -2.11. The van der Waals surface area contributed by atoms with E-state index in [0.717, 1.165) is 6.07 Å². The normalized spacial score (nSPS) is 10.6. The first kappa shape index (κ1) is 15.2. The Kier molecular flexibility index (Phi) is 5.11. The Morgan fingerprint density at radius 2 is 2.26 bits per heavy atom. The highest BCUT2D eigenvalue weighted by molar-refractivity contribution is 6.31. The zero-order chi connectivity index (χ0) is 14.6. The highest BCUT2D eigenvalue weighted by atomic mass is 35.5. The van der Waals surface area contributed by atoms with Crippen molar-refractivity contribution in [2.75, 3.05) is 6.61 Å². The first-order valence-electron chi connectivity index (χ1n) is 5.14. The molecular formula is C10H9ClF2N2O4. The topological polar surface area (TPSA) is 82.3 Å². The predicted molar refractivity (Wildman–Crippen MR) is 61.2 cm³/mol. The molecule has 19 heavy (non-hydrogen) atoms. The van der Waals surface area contributed by atoms with Gasteiger partial charge in [0.2, 0.25) is 5.69 Å². The van der Waals surface area contributed by atoms with E-state index in [1.165, 1.54) is 0 Å². The summed E-state index contributed by atoms with van der Waals surface area (Å²) in [6.07, 6.45) is -3.50. The van der Waals surface area contributed by atoms with E-state index in [1.807, 2.05) is 0 Å². The van der Waals surface area contributed by atoms with E-state index in [0.29, 0.717) is 0 Å². The lowest BCUT2D eigenvalue weighted by Gasteiger charge is -2.05. The average molecular weight is 295 g/mol. The van der Waals surface area contributed by atoms with E-state index in [1.54, 1.807) is 6.92 Å². The molecule has 0 atom stereocenters. The first-order chi connectivity index (χ1) is 8.86. The lowest BCUT2D eigenvalue weighted by molar-refractivity contribution is -0.390. The summed E-state index contributed by atoms with van der Waals surface area (Å²) < 4.78 is 29.7. The maximum Gasteiger partial charge on any atom is 0.367 e. The van der Waals surface area contributed by atoms with Gasteiger partial charge in [0.05, 0.1) is 23.6 Å². The molecule has 6 nitrogen and oxygen atoms in total. The number of alkyl halides is 2. The maximum atomic E-state index is 12.5. The number of aromatic nitrogens is 1. The molecule has 0 aliphatic carbocycles. The Hall–Kier alpha value is -1.83. The van der Waals surface area contributed by atoms with Crippen LogP contribution < -0.4 is 0 Å². The van der Waals surface area contributed by atoms with Crippen molar-refractivity contribution in [1.82, 2.24) is 4.98 Å². The van der Waals surface area contributed by atoms with Crippen LogP contribution in [0, 0.1) is 10.1 Å². The van der Waals surface area contributed by atoms with E-state index in [9.17, 15) is 23.7 Å². The van der Waals surface area contributed by atoms with Crippen LogP contribution in [-0.4, -0.2) is 22.5 Å². The second-order valence-corrected chi connectivity index (χ2v) is 3.78. The van der Waals surface area contributed by atoms with Gasteiger partial charge in [-0.15, -0.1) is 0 Å². The minimum Gasteiger partial charge on any atom is -0.466 e. The summed E-state index contributed by atoms with van der Waals surface area (Å²) >= 11 is 5.54. The number of halogens is 3. The van der Waals surface area contributed by atoms with Crippen LogP contribution in [0.15, 0.2) is 6.07 Å². The molecule has 9 heteroatoms.